The molecule has 1 saturated carbocycles. The van der Waals surface area contributed by atoms with Crippen LogP contribution in [0.1, 0.15) is 69.4 Å². The molecule has 0 heterocycles. The second-order valence-electron chi connectivity index (χ2n) is 7.59. The van der Waals surface area contributed by atoms with Crippen LogP contribution in [0.5, 0.6) is 0 Å². The maximum absolute atomic E-state index is 9.58. The van der Waals surface area contributed by atoms with Crippen molar-refractivity contribution in [2.24, 2.45) is 5.41 Å². The summed E-state index contributed by atoms with van der Waals surface area (Å²) in [5, 5.41) is 9.58. The van der Waals surface area contributed by atoms with E-state index in [4.69, 9.17) is 0 Å². The number of hydrogen-bond donors (Lipinski definition) is 0. The minimum Gasteiger partial charge on any atom is -0.198 e. The first-order valence-electron chi connectivity index (χ1n) is 9.80. The second-order valence-corrected chi connectivity index (χ2v) is 7.59. The molecule has 25 heavy (non-hydrogen) atoms. The highest BCUT2D eigenvalue weighted by atomic mass is 14.4. The second kappa shape index (κ2) is 7.87. The summed E-state index contributed by atoms with van der Waals surface area (Å²) in [7, 11) is 0. The molecular weight excluding hydrogens is 302 g/mol. The summed E-state index contributed by atoms with van der Waals surface area (Å²) in [5.74, 6) is 0.620. The highest BCUT2D eigenvalue weighted by Crippen LogP contribution is 2.45. The molecule has 0 unspecified atom stereocenters. The fraction of sp³-hybridized carbons (Fsp3) is 0.458. The molecule has 0 bridgehead atoms. The van der Waals surface area contributed by atoms with Gasteiger partial charge in [0.05, 0.1) is 11.5 Å². The summed E-state index contributed by atoms with van der Waals surface area (Å²) >= 11 is 0. The van der Waals surface area contributed by atoms with Gasteiger partial charge in [0.1, 0.15) is 0 Å². The third-order valence-corrected chi connectivity index (χ3v) is 5.99. The molecule has 0 radical (unpaired) electrons. The van der Waals surface area contributed by atoms with Gasteiger partial charge in [-0.25, -0.2) is 0 Å². The maximum Gasteiger partial charge on any atom is 0.0689 e. The van der Waals surface area contributed by atoms with E-state index in [-0.39, 0.29) is 5.41 Å². The average Bonchev–Trinajstić information content (AvgIpc) is 2.69. The lowest BCUT2D eigenvalue weighted by atomic mass is 9.68. The predicted octanol–water partition coefficient (Wildman–Crippen LogP) is 6.88. The van der Waals surface area contributed by atoms with Crippen LogP contribution in [-0.4, -0.2) is 0 Å². The van der Waals surface area contributed by atoms with Gasteiger partial charge in [-0.05, 0) is 66.7 Å². The van der Waals surface area contributed by atoms with Crippen LogP contribution >= 0.6 is 0 Å². The molecule has 3 rings (SSSR count). The zero-order chi connectivity index (χ0) is 17.7. The van der Waals surface area contributed by atoms with Crippen LogP contribution in [0.3, 0.4) is 0 Å². The van der Waals surface area contributed by atoms with Gasteiger partial charge in [0, 0.05) is 0 Å². The summed E-state index contributed by atoms with van der Waals surface area (Å²) in [6, 6.07) is 20.6. The van der Waals surface area contributed by atoms with E-state index in [0.29, 0.717) is 5.92 Å². The average molecular weight is 332 g/mol. The van der Waals surface area contributed by atoms with E-state index in [0.717, 1.165) is 44.9 Å². The lowest BCUT2D eigenvalue weighted by Crippen LogP contribution is -2.25. The monoisotopic (exact) mass is 331 g/mol. The van der Waals surface area contributed by atoms with Crippen molar-refractivity contribution in [2.45, 2.75) is 64.7 Å². The SMILES string of the molecule is CCCC1(C#N)CCC(c2ccc(-c3ccc(CC)cc3)cc2)CC1. The first kappa shape index (κ1) is 17.7. The van der Waals surface area contributed by atoms with Crippen molar-refractivity contribution in [1.29, 1.82) is 5.26 Å². The van der Waals surface area contributed by atoms with Gasteiger partial charge < -0.3 is 0 Å². The number of benzene rings is 2. The third kappa shape index (κ3) is 3.96. The van der Waals surface area contributed by atoms with Gasteiger partial charge in [0.2, 0.25) is 0 Å². The molecule has 1 nitrogen and oxygen atoms in total. The van der Waals surface area contributed by atoms with Crippen molar-refractivity contribution in [1.82, 2.24) is 0 Å². The molecule has 1 heteroatoms. The Bertz CT molecular complexity index is 710. The Hall–Kier alpha value is -2.07. The highest BCUT2D eigenvalue weighted by Gasteiger charge is 2.34. The molecule has 2 aromatic rings. The molecule has 1 aliphatic carbocycles. The molecule has 0 saturated heterocycles. The Kier molecular flexibility index (Phi) is 5.59. The summed E-state index contributed by atoms with van der Waals surface area (Å²) in [6.45, 7) is 4.38. The highest BCUT2D eigenvalue weighted by molar-refractivity contribution is 5.64. The lowest BCUT2D eigenvalue weighted by molar-refractivity contribution is 0.228. The molecule has 1 fully saturated rings. The number of rotatable bonds is 5. The Balaban J connectivity index is 1.68. The number of nitrogens with zero attached hydrogens (tertiary/aromatic N) is 1. The van der Waals surface area contributed by atoms with Gasteiger partial charge in [-0.3, -0.25) is 0 Å². The van der Waals surface area contributed by atoms with Crippen LogP contribution in [0.25, 0.3) is 11.1 Å². The maximum atomic E-state index is 9.58. The molecule has 0 atom stereocenters. The normalized spacial score (nSPS) is 23.2. The quantitative estimate of drug-likeness (QED) is 0.585. The van der Waals surface area contributed by atoms with Gasteiger partial charge >= 0.3 is 0 Å². The molecule has 0 spiro atoms. The molecule has 0 N–H and O–H groups in total. The van der Waals surface area contributed by atoms with Crippen LogP contribution in [0.15, 0.2) is 48.5 Å². The van der Waals surface area contributed by atoms with E-state index in [2.05, 4.69) is 68.4 Å². The van der Waals surface area contributed by atoms with E-state index in [1.807, 2.05) is 0 Å². The predicted molar refractivity (Wildman–Crippen MR) is 105 cm³/mol. The van der Waals surface area contributed by atoms with Gasteiger partial charge in [-0.15, -0.1) is 0 Å². The van der Waals surface area contributed by atoms with Crippen molar-refractivity contribution in [3.63, 3.8) is 0 Å². The van der Waals surface area contributed by atoms with Crippen molar-refractivity contribution < 1.29 is 0 Å². The molecule has 0 aliphatic heterocycles. The Morgan fingerprint density at radius 2 is 1.48 bits per heavy atom. The minimum atomic E-state index is -0.0494. The molecule has 1 aliphatic rings. The van der Waals surface area contributed by atoms with Crippen molar-refractivity contribution >= 4 is 0 Å². The van der Waals surface area contributed by atoms with Gasteiger partial charge in [0.15, 0.2) is 0 Å². The van der Waals surface area contributed by atoms with E-state index in [9.17, 15) is 5.26 Å². The smallest absolute Gasteiger partial charge is 0.0689 e. The standard InChI is InChI=1S/C24H29N/c1-3-15-24(18-25)16-13-23(14-17-24)22-11-9-21(10-12-22)20-7-5-19(4-2)6-8-20/h5-12,23H,3-4,13-17H2,1-2H3. The Morgan fingerprint density at radius 1 is 0.920 bits per heavy atom. The van der Waals surface area contributed by atoms with E-state index in [1.165, 1.54) is 22.3 Å². The van der Waals surface area contributed by atoms with Crippen LogP contribution in [0, 0.1) is 16.7 Å². The number of hydrogen-bond acceptors (Lipinski definition) is 1. The zero-order valence-corrected chi connectivity index (χ0v) is 15.6. The minimum absolute atomic E-state index is 0.0494. The van der Waals surface area contributed by atoms with Gasteiger partial charge in [0.25, 0.3) is 0 Å². The first-order chi connectivity index (χ1) is 12.2. The van der Waals surface area contributed by atoms with Gasteiger partial charge in [-0.2, -0.15) is 5.26 Å². The van der Waals surface area contributed by atoms with Crippen LogP contribution in [0.2, 0.25) is 0 Å². The van der Waals surface area contributed by atoms with Crippen LogP contribution < -0.4 is 0 Å². The zero-order valence-electron chi connectivity index (χ0n) is 15.6. The fourth-order valence-corrected chi connectivity index (χ4v) is 4.28. The molecule has 0 aromatic heterocycles. The number of nitriles is 1. The lowest BCUT2D eigenvalue weighted by Gasteiger charge is -2.35. The van der Waals surface area contributed by atoms with Crippen molar-refractivity contribution in [3.8, 4) is 17.2 Å². The van der Waals surface area contributed by atoms with Crippen molar-refractivity contribution in [2.75, 3.05) is 0 Å². The topological polar surface area (TPSA) is 23.8 Å². The van der Waals surface area contributed by atoms with E-state index in [1.54, 1.807) is 0 Å². The summed E-state index contributed by atoms with van der Waals surface area (Å²) in [5.41, 5.74) is 5.36. The third-order valence-electron chi connectivity index (χ3n) is 5.99. The van der Waals surface area contributed by atoms with E-state index < -0.39 is 0 Å². The molecular formula is C24H29N. The fourth-order valence-electron chi connectivity index (χ4n) is 4.28. The summed E-state index contributed by atoms with van der Waals surface area (Å²) in [4.78, 5) is 0. The number of aryl methyl sites for hydroxylation is 1. The summed E-state index contributed by atoms with van der Waals surface area (Å²) < 4.78 is 0. The molecule has 130 valence electrons. The Labute approximate surface area is 152 Å². The first-order valence-corrected chi connectivity index (χ1v) is 9.80. The van der Waals surface area contributed by atoms with Crippen molar-refractivity contribution in [3.05, 3.63) is 59.7 Å². The molecule has 2 aromatic carbocycles. The van der Waals surface area contributed by atoms with E-state index >= 15 is 0 Å². The Morgan fingerprint density at radius 3 is 1.96 bits per heavy atom. The largest absolute Gasteiger partial charge is 0.198 e. The van der Waals surface area contributed by atoms with Crippen LogP contribution in [0.4, 0.5) is 0 Å². The summed E-state index contributed by atoms with van der Waals surface area (Å²) in [6.07, 6.45) is 7.68. The van der Waals surface area contributed by atoms with Crippen LogP contribution in [-0.2, 0) is 6.42 Å². The van der Waals surface area contributed by atoms with Gasteiger partial charge in [-0.1, -0.05) is 68.8 Å². The molecule has 0 amide bonds.